The van der Waals surface area contributed by atoms with Crippen molar-refractivity contribution >= 4 is 5.91 Å². The number of aromatic nitrogens is 2. The molecule has 0 aromatic carbocycles. The zero-order valence-corrected chi connectivity index (χ0v) is 11.8. The highest BCUT2D eigenvalue weighted by molar-refractivity contribution is 5.93. The van der Waals surface area contributed by atoms with Crippen molar-refractivity contribution < 1.29 is 6.22 Å². The molecular formula is C16H21N3O. The van der Waals surface area contributed by atoms with Crippen LogP contribution >= 0.6 is 0 Å². The van der Waals surface area contributed by atoms with Crippen molar-refractivity contribution in [2.24, 2.45) is 0 Å². The summed E-state index contributed by atoms with van der Waals surface area (Å²) in [7, 11) is 0. The summed E-state index contributed by atoms with van der Waals surface area (Å²) in [6.07, 6.45) is 4.35. The molecular weight excluding hydrogens is 250 g/mol. The Morgan fingerprint density at radius 1 is 1.25 bits per heavy atom. The number of rotatable bonds is 5. The lowest BCUT2D eigenvalue weighted by atomic mass is 9.97. The van der Waals surface area contributed by atoms with E-state index in [0.29, 0.717) is 18.2 Å². The first kappa shape index (κ1) is 14.2. The molecule has 0 aliphatic rings. The van der Waals surface area contributed by atoms with Gasteiger partial charge in [0.15, 0.2) is 0 Å². The van der Waals surface area contributed by atoms with E-state index in [-0.39, 0.29) is 7.33 Å². The first-order valence-electron chi connectivity index (χ1n) is 6.85. The van der Waals surface area contributed by atoms with Crippen LogP contribution in [0.1, 0.15) is 49.4 Å². The van der Waals surface area contributed by atoms with Crippen molar-refractivity contribution in [3.63, 3.8) is 0 Å². The van der Waals surface area contributed by atoms with Crippen LogP contribution in [0.5, 0.6) is 0 Å². The molecule has 0 saturated carbocycles. The zero-order chi connectivity index (χ0) is 14.4. The predicted molar refractivity (Wildman–Crippen MR) is 80.5 cm³/mol. The maximum Gasteiger partial charge on any atom is 0.270 e. The van der Waals surface area contributed by atoms with Gasteiger partial charge in [0.1, 0.15) is 5.69 Å². The number of pyridine rings is 2. The highest BCUT2D eigenvalue weighted by atomic mass is 16.1. The molecule has 106 valence electrons. The van der Waals surface area contributed by atoms with Gasteiger partial charge < -0.3 is 5.32 Å². The summed E-state index contributed by atoms with van der Waals surface area (Å²) < 4.78 is 0. The van der Waals surface area contributed by atoms with Crippen LogP contribution in [0.25, 0.3) is 0 Å². The SMILES string of the molecule is CCC(C)c1cccnc1C(=O)NCc1ccccn1.[HH]. The highest BCUT2D eigenvalue weighted by Gasteiger charge is 2.16. The molecule has 20 heavy (non-hydrogen) atoms. The summed E-state index contributed by atoms with van der Waals surface area (Å²) in [5, 5.41) is 2.87. The number of carbonyl (C=O) groups excluding carboxylic acids is 1. The summed E-state index contributed by atoms with van der Waals surface area (Å²) in [5.41, 5.74) is 2.34. The lowest BCUT2D eigenvalue weighted by Crippen LogP contribution is -2.25. The fourth-order valence-corrected chi connectivity index (χ4v) is 1.98. The minimum atomic E-state index is -0.147. The van der Waals surface area contributed by atoms with E-state index >= 15 is 0 Å². The molecule has 1 amide bonds. The Morgan fingerprint density at radius 2 is 2.05 bits per heavy atom. The second kappa shape index (κ2) is 6.80. The fraction of sp³-hybridized carbons (Fsp3) is 0.312. The zero-order valence-electron chi connectivity index (χ0n) is 11.8. The van der Waals surface area contributed by atoms with Gasteiger partial charge in [-0.25, -0.2) is 0 Å². The van der Waals surface area contributed by atoms with E-state index < -0.39 is 0 Å². The second-order valence-electron chi connectivity index (χ2n) is 4.75. The van der Waals surface area contributed by atoms with Gasteiger partial charge in [0, 0.05) is 13.8 Å². The van der Waals surface area contributed by atoms with Crippen molar-refractivity contribution in [2.75, 3.05) is 0 Å². The largest absolute Gasteiger partial charge is 0.345 e. The fourth-order valence-electron chi connectivity index (χ4n) is 1.98. The topological polar surface area (TPSA) is 54.9 Å². The number of nitrogens with zero attached hydrogens (tertiary/aromatic N) is 2. The molecule has 0 radical (unpaired) electrons. The van der Waals surface area contributed by atoms with E-state index in [9.17, 15) is 4.79 Å². The van der Waals surface area contributed by atoms with Crippen molar-refractivity contribution in [1.82, 2.24) is 15.3 Å². The van der Waals surface area contributed by atoms with Gasteiger partial charge in [0.25, 0.3) is 5.91 Å². The lowest BCUT2D eigenvalue weighted by molar-refractivity contribution is 0.0944. The molecule has 1 unspecified atom stereocenters. The van der Waals surface area contributed by atoms with Crippen LogP contribution in [-0.2, 0) is 6.54 Å². The van der Waals surface area contributed by atoms with Gasteiger partial charge in [0.2, 0.25) is 0 Å². The summed E-state index contributed by atoms with van der Waals surface area (Å²) in [6, 6.07) is 9.48. The lowest BCUT2D eigenvalue weighted by Gasteiger charge is -2.13. The Hall–Kier alpha value is -2.23. The third-order valence-corrected chi connectivity index (χ3v) is 3.35. The number of amides is 1. The van der Waals surface area contributed by atoms with Crippen LogP contribution in [0.3, 0.4) is 0 Å². The Balaban J connectivity index is 0.00000220. The quantitative estimate of drug-likeness (QED) is 0.908. The molecule has 0 saturated heterocycles. The monoisotopic (exact) mass is 271 g/mol. The van der Waals surface area contributed by atoms with E-state index in [1.807, 2.05) is 30.3 Å². The van der Waals surface area contributed by atoms with Crippen molar-refractivity contribution in [2.45, 2.75) is 32.7 Å². The Labute approximate surface area is 120 Å². The first-order valence-corrected chi connectivity index (χ1v) is 6.85. The molecule has 4 nitrogen and oxygen atoms in total. The van der Waals surface area contributed by atoms with Gasteiger partial charge >= 0.3 is 0 Å². The minimum Gasteiger partial charge on any atom is -0.345 e. The van der Waals surface area contributed by atoms with Gasteiger partial charge in [0.05, 0.1) is 12.2 Å². The predicted octanol–water partition coefficient (Wildman–Crippen LogP) is 3.17. The molecule has 0 fully saturated rings. The second-order valence-corrected chi connectivity index (χ2v) is 4.75. The summed E-state index contributed by atoms with van der Waals surface area (Å²) in [6.45, 7) is 4.62. The molecule has 2 aromatic heterocycles. The maximum atomic E-state index is 12.3. The Bertz CT molecular complexity index is 575. The average Bonchev–Trinajstić information content (AvgIpc) is 2.52. The van der Waals surface area contributed by atoms with Gasteiger partial charge in [-0.15, -0.1) is 0 Å². The molecule has 0 spiro atoms. The standard InChI is InChI=1S/C16H19N3O.H2/c1-3-12(2)14-8-6-10-18-15(14)16(20)19-11-13-7-4-5-9-17-13;/h4-10,12H,3,11H2,1-2H3,(H,19,20);1H. The molecule has 2 heterocycles. The van der Waals surface area contributed by atoms with Crippen LogP contribution in [-0.4, -0.2) is 15.9 Å². The van der Waals surface area contributed by atoms with E-state index in [1.54, 1.807) is 12.4 Å². The number of hydrogen-bond donors (Lipinski definition) is 1. The molecule has 4 heteroatoms. The van der Waals surface area contributed by atoms with Crippen LogP contribution < -0.4 is 5.32 Å². The number of hydrogen-bond acceptors (Lipinski definition) is 3. The Morgan fingerprint density at radius 3 is 2.75 bits per heavy atom. The first-order chi connectivity index (χ1) is 9.72. The third-order valence-electron chi connectivity index (χ3n) is 3.35. The van der Waals surface area contributed by atoms with Gasteiger partial charge in [-0.1, -0.05) is 26.0 Å². The molecule has 0 bridgehead atoms. The third kappa shape index (κ3) is 3.41. The van der Waals surface area contributed by atoms with E-state index in [2.05, 4.69) is 29.1 Å². The summed E-state index contributed by atoms with van der Waals surface area (Å²) in [5.74, 6) is 0.172. The molecule has 2 rings (SSSR count). The molecule has 2 aromatic rings. The van der Waals surface area contributed by atoms with Crippen LogP contribution in [0.2, 0.25) is 0 Å². The van der Waals surface area contributed by atoms with E-state index in [4.69, 9.17) is 0 Å². The van der Waals surface area contributed by atoms with Gasteiger partial charge in [-0.3, -0.25) is 14.8 Å². The highest BCUT2D eigenvalue weighted by Crippen LogP contribution is 2.20. The van der Waals surface area contributed by atoms with E-state index in [1.165, 1.54) is 0 Å². The van der Waals surface area contributed by atoms with Gasteiger partial charge in [-0.2, -0.15) is 0 Å². The van der Waals surface area contributed by atoms with Crippen LogP contribution in [0.4, 0.5) is 0 Å². The summed E-state index contributed by atoms with van der Waals surface area (Å²) >= 11 is 0. The molecule has 0 aliphatic carbocycles. The minimum absolute atomic E-state index is 0. The smallest absolute Gasteiger partial charge is 0.270 e. The van der Waals surface area contributed by atoms with Crippen LogP contribution in [0, 0.1) is 0 Å². The molecule has 0 aliphatic heterocycles. The average molecular weight is 271 g/mol. The number of carbonyl (C=O) groups is 1. The van der Waals surface area contributed by atoms with Crippen molar-refractivity contribution in [3.8, 4) is 0 Å². The Kier molecular flexibility index (Phi) is 4.82. The van der Waals surface area contributed by atoms with Crippen molar-refractivity contribution in [3.05, 3.63) is 59.7 Å². The molecule has 1 N–H and O–H groups in total. The normalized spacial score (nSPS) is 11.9. The maximum absolute atomic E-state index is 12.3. The summed E-state index contributed by atoms with van der Waals surface area (Å²) in [4.78, 5) is 20.7. The van der Waals surface area contributed by atoms with Gasteiger partial charge in [-0.05, 0) is 36.1 Å². The van der Waals surface area contributed by atoms with Crippen molar-refractivity contribution in [1.29, 1.82) is 0 Å². The van der Waals surface area contributed by atoms with E-state index in [0.717, 1.165) is 17.7 Å². The van der Waals surface area contributed by atoms with Crippen LogP contribution in [0.15, 0.2) is 42.7 Å². The number of nitrogens with one attached hydrogen (secondary N) is 1. The molecule has 1 atom stereocenters.